The lowest BCUT2D eigenvalue weighted by Gasteiger charge is -2.35. The molecule has 2 amide bonds. The van der Waals surface area contributed by atoms with E-state index < -0.39 is 6.04 Å². The Hall–Kier alpha value is -0.620. The molecule has 1 aliphatic rings. The lowest BCUT2D eigenvalue weighted by molar-refractivity contribution is -0.147. The van der Waals surface area contributed by atoms with Crippen LogP contribution in [0.5, 0.6) is 0 Å². The zero-order valence-corrected chi connectivity index (χ0v) is 11.8. The maximum Gasteiger partial charge on any atom is 0.245 e. The highest BCUT2D eigenvalue weighted by Gasteiger charge is 2.33. The molecule has 1 rings (SSSR count). The van der Waals surface area contributed by atoms with Gasteiger partial charge in [0.15, 0.2) is 0 Å². The lowest BCUT2D eigenvalue weighted by Crippen LogP contribution is -2.57. The quantitative estimate of drug-likeness (QED) is 0.771. The molecule has 1 fully saturated rings. The molecular weight excluding hydrogens is 288 g/mol. The topological polar surface area (TPSA) is 58.6 Å². The van der Waals surface area contributed by atoms with Crippen LogP contribution in [0.3, 0.4) is 0 Å². The number of alkyl halides is 1. The minimum atomic E-state index is -0.497. The van der Waals surface area contributed by atoms with E-state index in [2.05, 4.69) is 21.2 Å². The molecule has 0 spiro atoms. The number of carbonyl (C=O) groups excluding carboxylic acids is 2. The molecular formula is C11H19BrN2O3. The zero-order chi connectivity index (χ0) is 12.8. The van der Waals surface area contributed by atoms with Gasteiger partial charge in [-0.3, -0.25) is 9.59 Å². The van der Waals surface area contributed by atoms with E-state index in [9.17, 15) is 9.59 Å². The Morgan fingerprint density at radius 1 is 1.59 bits per heavy atom. The first kappa shape index (κ1) is 14.4. The fourth-order valence-corrected chi connectivity index (χ4v) is 1.94. The molecule has 1 saturated heterocycles. The molecule has 2 unspecified atom stereocenters. The molecule has 0 aromatic carbocycles. The number of morpholine rings is 1. The van der Waals surface area contributed by atoms with Gasteiger partial charge in [-0.1, -0.05) is 22.9 Å². The fourth-order valence-electron chi connectivity index (χ4n) is 1.68. The highest BCUT2D eigenvalue weighted by Crippen LogP contribution is 2.12. The molecule has 5 nitrogen and oxygen atoms in total. The van der Waals surface area contributed by atoms with Gasteiger partial charge >= 0.3 is 0 Å². The van der Waals surface area contributed by atoms with Crippen molar-refractivity contribution in [2.75, 3.05) is 26.3 Å². The third kappa shape index (κ3) is 3.96. The molecule has 1 N–H and O–H groups in total. The van der Waals surface area contributed by atoms with Crippen molar-refractivity contribution in [1.82, 2.24) is 10.2 Å². The normalized spacial score (nSPS) is 22.1. The number of carbonyl (C=O) groups is 2. The van der Waals surface area contributed by atoms with Crippen molar-refractivity contribution < 1.29 is 14.3 Å². The molecule has 17 heavy (non-hydrogen) atoms. The minimum Gasteiger partial charge on any atom is -0.377 e. The monoisotopic (exact) mass is 306 g/mol. The molecule has 6 heteroatoms. The van der Waals surface area contributed by atoms with Gasteiger partial charge in [0.1, 0.15) is 6.04 Å². The first-order valence-corrected chi connectivity index (χ1v) is 6.79. The van der Waals surface area contributed by atoms with E-state index in [-0.39, 0.29) is 23.2 Å². The van der Waals surface area contributed by atoms with Gasteiger partial charge in [-0.05, 0) is 13.3 Å². The van der Waals surface area contributed by atoms with Crippen molar-refractivity contribution in [3.8, 4) is 0 Å². The number of hydrogen-bond donors (Lipinski definition) is 1. The number of amides is 2. The summed E-state index contributed by atoms with van der Waals surface area (Å²) in [5.74, 6) is -0.196. The van der Waals surface area contributed by atoms with Crippen molar-refractivity contribution in [3.63, 3.8) is 0 Å². The van der Waals surface area contributed by atoms with E-state index in [1.54, 1.807) is 11.8 Å². The van der Waals surface area contributed by atoms with Gasteiger partial charge < -0.3 is 15.0 Å². The van der Waals surface area contributed by atoms with Crippen LogP contribution in [0, 0.1) is 0 Å². The van der Waals surface area contributed by atoms with Crippen molar-refractivity contribution in [2.45, 2.75) is 31.1 Å². The molecule has 0 aliphatic carbocycles. The van der Waals surface area contributed by atoms with Gasteiger partial charge in [-0.25, -0.2) is 0 Å². The number of rotatable bonds is 4. The fraction of sp³-hybridized carbons (Fsp3) is 0.818. The molecule has 0 radical (unpaired) electrons. The summed E-state index contributed by atoms with van der Waals surface area (Å²) in [4.78, 5) is 25.1. The van der Waals surface area contributed by atoms with E-state index in [4.69, 9.17) is 4.74 Å². The van der Waals surface area contributed by atoms with Gasteiger partial charge in [0, 0.05) is 13.1 Å². The van der Waals surface area contributed by atoms with Gasteiger partial charge in [-0.15, -0.1) is 0 Å². The summed E-state index contributed by atoms with van der Waals surface area (Å²) in [6.07, 6.45) is 0.877. The summed E-state index contributed by atoms with van der Waals surface area (Å²) in [5.41, 5.74) is 0. The van der Waals surface area contributed by atoms with Gasteiger partial charge in [0.2, 0.25) is 11.8 Å². The van der Waals surface area contributed by atoms with E-state index >= 15 is 0 Å². The molecule has 0 bridgehead atoms. The Bertz CT molecular complexity index is 284. The number of halogens is 1. The van der Waals surface area contributed by atoms with Crippen LogP contribution in [-0.4, -0.2) is 53.9 Å². The first-order valence-electron chi connectivity index (χ1n) is 5.88. The summed E-state index contributed by atoms with van der Waals surface area (Å²) < 4.78 is 5.27. The highest BCUT2D eigenvalue weighted by atomic mass is 79.9. The maximum atomic E-state index is 11.9. The van der Waals surface area contributed by atoms with Crippen LogP contribution in [0.2, 0.25) is 0 Å². The van der Waals surface area contributed by atoms with Crippen molar-refractivity contribution in [2.24, 2.45) is 0 Å². The second kappa shape index (κ2) is 6.96. The number of nitrogens with one attached hydrogen (secondary N) is 1. The Morgan fingerprint density at radius 2 is 2.29 bits per heavy atom. The standard InChI is InChI=1S/C11H19BrN2O3/c1-3-4-13-10(15)9-7-17-6-5-14(9)11(16)8(2)12/h8-9H,3-7H2,1-2H3,(H,13,15). The molecule has 1 aliphatic heterocycles. The van der Waals surface area contributed by atoms with Crippen LogP contribution >= 0.6 is 15.9 Å². The Kier molecular flexibility index (Phi) is 5.91. The summed E-state index contributed by atoms with van der Waals surface area (Å²) >= 11 is 3.24. The second-order valence-electron chi connectivity index (χ2n) is 4.03. The highest BCUT2D eigenvalue weighted by molar-refractivity contribution is 9.10. The third-order valence-electron chi connectivity index (χ3n) is 2.60. The van der Waals surface area contributed by atoms with E-state index in [1.807, 2.05) is 6.92 Å². The predicted molar refractivity (Wildman–Crippen MR) is 68.0 cm³/mol. The van der Waals surface area contributed by atoms with E-state index in [1.165, 1.54) is 0 Å². The molecule has 2 atom stereocenters. The summed E-state index contributed by atoms with van der Waals surface area (Å²) in [6.45, 7) is 5.62. The smallest absolute Gasteiger partial charge is 0.245 e. The summed E-state index contributed by atoms with van der Waals surface area (Å²) in [7, 11) is 0. The summed E-state index contributed by atoms with van der Waals surface area (Å²) in [6, 6.07) is -0.497. The average Bonchev–Trinajstić information content (AvgIpc) is 2.34. The van der Waals surface area contributed by atoms with Gasteiger partial charge in [0.05, 0.1) is 18.0 Å². The maximum absolute atomic E-state index is 11.9. The average molecular weight is 307 g/mol. The molecule has 0 saturated carbocycles. The van der Waals surface area contributed by atoms with Crippen LogP contribution in [0.4, 0.5) is 0 Å². The number of ether oxygens (including phenoxy) is 1. The molecule has 0 aromatic heterocycles. The van der Waals surface area contributed by atoms with Crippen LogP contribution in [-0.2, 0) is 14.3 Å². The Balaban J connectivity index is 2.65. The summed E-state index contributed by atoms with van der Waals surface area (Å²) in [5, 5.41) is 2.80. The molecule has 1 heterocycles. The molecule has 98 valence electrons. The Labute approximate surface area is 110 Å². The van der Waals surface area contributed by atoms with E-state index in [0.29, 0.717) is 19.7 Å². The van der Waals surface area contributed by atoms with Crippen molar-refractivity contribution in [1.29, 1.82) is 0 Å². The van der Waals surface area contributed by atoms with Crippen LogP contribution in [0.1, 0.15) is 20.3 Å². The van der Waals surface area contributed by atoms with E-state index in [0.717, 1.165) is 6.42 Å². The Morgan fingerprint density at radius 3 is 2.88 bits per heavy atom. The van der Waals surface area contributed by atoms with Gasteiger partial charge in [-0.2, -0.15) is 0 Å². The SMILES string of the molecule is CCCNC(=O)C1COCCN1C(=O)C(C)Br. The lowest BCUT2D eigenvalue weighted by atomic mass is 10.2. The molecule has 0 aromatic rings. The van der Waals surface area contributed by atoms with Gasteiger partial charge in [0.25, 0.3) is 0 Å². The van der Waals surface area contributed by atoms with Crippen molar-refractivity contribution in [3.05, 3.63) is 0 Å². The minimum absolute atomic E-state index is 0.0649. The number of hydrogen-bond acceptors (Lipinski definition) is 3. The number of nitrogens with zero attached hydrogens (tertiary/aromatic N) is 1. The predicted octanol–water partition coefficient (Wildman–Crippen LogP) is 0.523. The van der Waals surface area contributed by atoms with Crippen LogP contribution in [0.15, 0.2) is 0 Å². The first-order chi connectivity index (χ1) is 8.07. The zero-order valence-electron chi connectivity index (χ0n) is 10.2. The largest absolute Gasteiger partial charge is 0.377 e. The third-order valence-corrected chi connectivity index (χ3v) is 3.00. The van der Waals surface area contributed by atoms with Crippen LogP contribution < -0.4 is 5.32 Å². The van der Waals surface area contributed by atoms with Crippen LogP contribution in [0.25, 0.3) is 0 Å². The second-order valence-corrected chi connectivity index (χ2v) is 5.40. The van der Waals surface area contributed by atoms with Crippen molar-refractivity contribution >= 4 is 27.7 Å².